The van der Waals surface area contributed by atoms with Gasteiger partial charge in [0.25, 0.3) is 0 Å². The predicted molar refractivity (Wildman–Crippen MR) is 64.8 cm³/mol. The van der Waals surface area contributed by atoms with Gasteiger partial charge in [-0.3, -0.25) is 0 Å². The number of nitrogens with two attached hydrogens (primary N) is 1. The molecule has 0 unspecified atom stereocenters. The summed E-state index contributed by atoms with van der Waals surface area (Å²) in [6.45, 7) is 6.84. The molecular formula is C13H17NO. The maximum atomic E-state index is 5.52. The van der Waals surface area contributed by atoms with Crippen molar-refractivity contribution in [2.24, 2.45) is 5.73 Å². The van der Waals surface area contributed by atoms with Crippen molar-refractivity contribution in [3.05, 3.63) is 48.1 Å². The van der Waals surface area contributed by atoms with Crippen molar-refractivity contribution < 1.29 is 4.74 Å². The van der Waals surface area contributed by atoms with Gasteiger partial charge >= 0.3 is 0 Å². The van der Waals surface area contributed by atoms with Crippen LogP contribution < -0.4 is 10.5 Å². The second kappa shape index (κ2) is 6.04. The second-order valence-corrected chi connectivity index (χ2v) is 3.46. The lowest BCUT2D eigenvalue weighted by molar-refractivity contribution is 0.352. The lowest BCUT2D eigenvalue weighted by atomic mass is 10.2. The summed E-state index contributed by atoms with van der Waals surface area (Å²) in [4.78, 5) is 0. The van der Waals surface area contributed by atoms with Gasteiger partial charge in [0.05, 0.1) is 0 Å². The van der Waals surface area contributed by atoms with Crippen molar-refractivity contribution >= 4 is 6.08 Å². The highest BCUT2D eigenvalue weighted by molar-refractivity contribution is 5.51. The molecule has 80 valence electrons. The monoisotopic (exact) mass is 203 g/mol. The van der Waals surface area contributed by atoms with Crippen LogP contribution in [-0.2, 0) is 0 Å². The number of ether oxygens (including phenoxy) is 1. The van der Waals surface area contributed by atoms with E-state index in [1.165, 1.54) is 0 Å². The van der Waals surface area contributed by atoms with E-state index in [1.807, 2.05) is 43.3 Å². The van der Waals surface area contributed by atoms with Crippen molar-refractivity contribution in [2.45, 2.75) is 6.92 Å². The quantitative estimate of drug-likeness (QED) is 0.746. The molecule has 0 amide bonds. The molecule has 0 radical (unpaired) electrons. The molecule has 1 aromatic carbocycles. The van der Waals surface area contributed by atoms with Crippen LogP contribution in [0.25, 0.3) is 6.08 Å². The van der Waals surface area contributed by atoms with Crippen LogP contribution in [0, 0.1) is 0 Å². The second-order valence-electron chi connectivity index (χ2n) is 3.46. The van der Waals surface area contributed by atoms with E-state index >= 15 is 0 Å². The molecule has 0 atom stereocenters. The van der Waals surface area contributed by atoms with E-state index in [0.717, 1.165) is 16.9 Å². The summed E-state index contributed by atoms with van der Waals surface area (Å²) in [5, 5.41) is 0. The van der Waals surface area contributed by atoms with Gasteiger partial charge in [0.2, 0.25) is 0 Å². The lowest BCUT2D eigenvalue weighted by Crippen LogP contribution is -1.97. The first kappa shape index (κ1) is 11.5. The highest BCUT2D eigenvalue weighted by Gasteiger charge is 1.94. The van der Waals surface area contributed by atoms with Gasteiger partial charge in [0.1, 0.15) is 12.4 Å². The Morgan fingerprint density at radius 1 is 1.53 bits per heavy atom. The Kier molecular flexibility index (Phi) is 4.64. The van der Waals surface area contributed by atoms with Crippen molar-refractivity contribution in [1.29, 1.82) is 0 Å². The number of rotatable bonds is 5. The molecule has 2 heteroatoms. The fourth-order valence-corrected chi connectivity index (χ4v) is 1.12. The van der Waals surface area contributed by atoms with Crippen LogP contribution in [0.2, 0.25) is 0 Å². The molecule has 0 saturated heterocycles. The number of hydrogen-bond donors (Lipinski definition) is 1. The molecule has 1 aromatic rings. The van der Waals surface area contributed by atoms with E-state index in [1.54, 1.807) is 0 Å². The molecule has 0 aliphatic heterocycles. The predicted octanol–water partition coefficient (Wildman–Crippen LogP) is 2.61. The first-order valence-corrected chi connectivity index (χ1v) is 4.96. The molecular weight excluding hydrogens is 186 g/mol. The first-order chi connectivity index (χ1) is 7.22. The third-order valence-electron chi connectivity index (χ3n) is 1.79. The third kappa shape index (κ3) is 4.47. The molecule has 2 nitrogen and oxygen atoms in total. The van der Waals surface area contributed by atoms with Gasteiger partial charge in [-0.25, -0.2) is 0 Å². The van der Waals surface area contributed by atoms with Crippen molar-refractivity contribution in [3.63, 3.8) is 0 Å². The average Bonchev–Trinajstić information content (AvgIpc) is 2.24. The van der Waals surface area contributed by atoms with E-state index < -0.39 is 0 Å². The number of benzene rings is 1. The SMILES string of the molecule is C=C(C)COc1cccc(/C=C/CN)c1. The Hall–Kier alpha value is -1.54. The van der Waals surface area contributed by atoms with E-state index in [4.69, 9.17) is 10.5 Å². The van der Waals surface area contributed by atoms with Crippen molar-refractivity contribution in [3.8, 4) is 5.75 Å². The standard InChI is InChI=1S/C13H17NO/c1-11(2)10-15-13-7-3-5-12(9-13)6-4-8-14/h3-7,9H,1,8,10,14H2,2H3/b6-4+. The average molecular weight is 203 g/mol. The van der Waals surface area contributed by atoms with Gasteiger partial charge in [-0.05, 0) is 30.2 Å². The zero-order valence-corrected chi connectivity index (χ0v) is 9.07. The minimum atomic E-state index is 0.552. The highest BCUT2D eigenvalue weighted by atomic mass is 16.5. The summed E-state index contributed by atoms with van der Waals surface area (Å²) in [6, 6.07) is 7.89. The fraction of sp³-hybridized carbons (Fsp3) is 0.231. The Morgan fingerprint density at radius 2 is 2.33 bits per heavy atom. The van der Waals surface area contributed by atoms with Gasteiger partial charge in [-0.1, -0.05) is 30.9 Å². The topological polar surface area (TPSA) is 35.2 Å². The van der Waals surface area contributed by atoms with Gasteiger partial charge in [-0.2, -0.15) is 0 Å². The molecule has 0 fully saturated rings. The molecule has 15 heavy (non-hydrogen) atoms. The van der Waals surface area contributed by atoms with Crippen LogP contribution in [0.15, 0.2) is 42.5 Å². The number of hydrogen-bond acceptors (Lipinski definition) is 2. The molecule has 1 rings (SSSR count). The summed E-state index contributed by atoms with van der Waals surface area (Å²) in [6.07, 6.45) is 3.89. The minimum absolute atomic E-state index is 0.552. The van der Waals surface area contributed by atoms with E-state index in [2.05, 4.69) is 6.58 Å². The van der Waals surface area contributed by atoms with Crippen molar-refractivity contribution in [2.75, 3.05) is 13.2 Å². The Bertz CT molecular complexity index is 355. The zero-order chi connectivity index (χ0) is 11.1. The smallest absolute Gasteiger partial charge is 0.120 e. The maximum Gasteiger partial charge on any atom is 0.120 e. The van der Waals surface area contributed by atoms with Gasteiger partial charge < -0.3 is 10.5 Å². The van der Waals surface area contributed by atoms with E-state index in [0.29, 0.717) is 13.2 Å². The van der Waals surface area contributed by atoms with Crippen LogP contribution in [0.5, 0.6) is 5.75 Å². The normalized spacial score (nSPS) is 10.5. The zero-order valence-electron chi connectivity index (χ0n) is 9.07. The van der Waals surface area contributed by atoms with Crippen LogP contribution in [-0.4, -0.2) is 13.2 Å². The third-order valence-corrected chi connectivity index (χ3v) is 1.79. The van der Waals surface area contributed by atoms with Gasteiger partial charge in [0.15, 0.2) is 0 Å². The summed E-state index contributed by atoms with van der Waals surface area (Å²) >= 11 is 0. The van der Waals surface area contributed by atoms with Crippen LogP contribution in [0.1, 0.15) is 12.5 Å². The summed E-state index contributed by atoms with van der Waals surface area (Å²) < 4.78 is 5.52. The Labute approximate surface area is 91.1 Å². The highest BCUT2D eigenvalue weighted by Crippen LogP contribution is 2.14. The van der Waals surface area contributed by atoms with E-state index in [-0.39, 0.29) is 0 Å². The summed E-state index contributed by atoms with van der Waals surface area (Å²) in [5.41, 5.74) is 7.49. The molecule has 0 aliphatic rings. The molecule has 0 saturated carbocycles. The molecule has 2 N–H and O–H groups in total. The van der Waals surface area contributed by atoms with Gasteiger partial charge in [0, 0.05) is 6.54 Å². The minimum Gasteiger partial charge on any atom is -0.489 e. The molecule has 0 spiro atoms. The maximum absolute atomic E-state index is 5.52. The molecule has 0 aliphatic carbocycles. The van der Waals surface area contributed by atoms with Crippen LogP contribution in [0.4, 0.5) is 0 Å². The lowest BCUT2D eigenvalue weighted by Gasteiger charge is -2.05. The molecule has 0 aromatic heterocycles. The first-order valence-electron chi connectivity index (χ1n) is 4.96. The summed E-state index contributed by atoms with van der Waals surface area (Å²) in [5.74, 6) is 0.858. The van der Waals surface area contributed by atoms with Crippen molar-refractivity contribution in [1.82, 2.24) is 0 Å². The van der Waals surface area contributed by atoms with Gasteiger partial charge in [-0.15, -0.1) is 0 Å². The Morgan fingerprint density at radius 3 is 3.00 bits per heavy atom. The molecule has 0 bridgehead atoms. The summed E-state index contributed by atoms with van der Waals surface area (Å²) in [7, 11) is 0. The fourth-order valence-electron chi connectivity index (χ4n) is 1.12. The van der Waals surface area contributed by atoms with E-state index in [9.17, 15) is 0 Å². The van der Waals surface area contributed by atoms with Crippen LogP contribution >= 0.6 is 0 Å². The molecule has 0 heterocycles. The Balaban J connectivity index is 2.65. The van der Waals surface area contributed by atoms with Crippen LogP contribution in [0.3, 0.4) is 0 Å². The largest absolute Gasteiger partial charge is 0.489 e.